The molecule has 0 saturated carbocycles. The maximum absolute atomic E-state index is 12.5. The number of hydrogen-bond acceptors (Lipinski definition) is 3. The number of aromatic nitrogens is 2. The average Bonchev–Trinajstić information content (AvgIpc) is 2.59. The number of halogens is 1. The van der Waals surface area contributed by atoms with Crippen molar-refractivity contribution in [3.05, 3.63) is 62.5 Å². The first-order valence-electron chi connectivity index (χ1n) is 8.19. The molecule has 1 aromatic carbocycles. The van der Waals surface area contributed by atoms with E-state index in [-0.39, 0.29) is 23.2 Å². The van der Waals surface area contributed by atoms with Crippen LogP contribution in [0.15, 0.2) is 45.7 Å². The van der Waals surface area contributed by atoms with Gasteiger partial charge in [0.25, 0.3) is 11.5 Å². The van der Waals surface area contributed by atoms with Crippen molar-refractivity contribution in [2.75, 3.05) is 0 Å². The molecule has 0 spiro atoms. The Labute approximate surface area is 150 Å². The van der Waals surface area contributed by atoms with E-state index in [1.807, 2.05) is 38.1 Å². The molecule has 0 saturated heterocycles. The summed E-state index contributed by atoms with van der Waals surface area (Å²) in [5, 5.41) is 7.18. The number of benzene rings is 1. The summed E-state index contributed by atoms with van der Waals surface area (Å²) in [5.41, 5.74) is 1.12. The van der Waals surface area contributed by atoms with E-state index in [9.17, 15) is 9.59 Å². The van der Waals surface area contributed by atoms with Gasteiger partial charge in [0.1, 0.15) is 5.69 Å². The first-order chi connectivity index (χ1) is 11.5. The monoisotopic (exact) mass is 391 g/mol. The number of unbranched alkanes of at least 4 members (excludes halogenated alkanes) is 1. The summed E-state index contributed by atoms with van der Waals surface area (Å²) >= 11 is 3.41. The zero-order valence-corrected chi connectivity index (χ0v) is 15.5. The van der Waals surface area contributed by atoms with Crippen molar-refractivity contribution >= 4 is 21.8 Å². The zero-order valence-electron chi connectivity index (χ0n) is 14.0. The fraction of sp³-hybridized carbons (Fsp3) is 0.389. The van der Waals surface area contributed by atoms with Crippen LogP contribution in [0.2, 0.25) is 0 Å². The van der Waals surface area contributed by atoms with Gasteiger partial charge in [0.05, 0.1) is 6.04 Å². The third kappa shape index (κ3) is 4.77. The third-order valence-corrected chi connectivity index (χ3v) is 4.34. The molecule has 0 bridgehead atoms. The molecule has 128 valence electrons. The van der Waals surface area contributed by atoms with E-state index in [1.165, 1.54) is 16.8 Å². The lowest BCUT2D eigenvalue weighted by Gasteiger charge is -2.17. The molecule has 6 heteroatoms. The van der Waals surface area contributed by atoms with Crippen molar-refractivity contribution in [1.82, 2.24) is 15.1 Å². The Balaban J connectivity index is 2.15. The van der Waals surface area contributed by atoms with Crippen LogP contribution in [-0.2, 0) is 6.54 Å². The summed E-state index contributed by atoms with van der Waals surface area (Å²) in [7, 11) is 0. The summed E-state index contributed by atoms with van der Waals surface area (Å²) in [6, 6.07) is 10.7. The van der Waals surface area contributed by atoms with Crippen molar-refractivity contribution in [3.63, 3.8) is 0 Å². The van der Waals surface area contributed by atoms with Gasteiger partial charge in [0, 0.05) is 17.1 Å². The fourth-order valence-corrected chi connectivity index (χ4v) is 2.65. The van der Waals surface area contributed by atoms with Crippen LogP contribution in [0, 0.1) is 0 Å². The first-order valence-corrected chi connectivity index (χ1v) is 8.99. The summed E-state index contributed by atoms with van der Waals surface area (Å²) < 4.78 is 2.36. The molecule has 1 aromatic heterocycles. The number of carbonyl (C=O) groups is 1. The van der Waals surface area contributed by atoms with Crippen molar-refractivity contribution in [2.45, 2.75) is 45.7 Å². The number of amides is 1. The van der Waals surface area contributed by atoms with Crippen LogP contribution in [-0.4, -0.2) is 15.7 Å². The van der Waals surface area contributed by atoms with Gasteiger partial charge in [-0.05, 0) is 36.6 Å². The molecule has 2 aromatic rings. The highest BCUT2D eigenvalue weighted by atomic mass is 79.9. The van der Waals surface area contributed by atoms with Gasteiger partial charge in [0.15, 0.2) is 0 Å². The van der Waals surface area contributed by atoms with E-state index in [0.717, 1.165) is 29.3 Å². The molecule has 5 nitrogen and oxygen atoms in total. The number of nitrogens with one attached hydrogen (secondary N) is 1. The van der Waals surface area contributed by atoms with Crippen LogP contribution in [0.3, 0.4) is 0 Å². The molecule has 1 amide bonds. The van der Waals surface area contributed by atoms with E-state index in [4.69, 9.17) is 0 Å². The molecule has 0 aliphatic carbocycles. The normalized spacial score (nSPS) is 12.0. The molecule has 1 atom stereocenters. The quantitative estimate of drug-likeness (QED) is 0.782. The number of aryl methyl sites for hydroxylation is 1. The molecular formula is C18H22BrN3O2. The van der Waals surface area contributed by atoms with Gasteiger partial charge >= 0.3 is 0 Å². The number of nitrogens with zero attached hydrogens (tertiary/aromatic N) is 2. The van der Waals surface area contributed by atoms with E-state index < -0.39 is 0 Å². The Morgan fingerprint density at radius 2 is 1.92 bits per heavy atom. The van der Waals surface area contributed by atoms with Crippen molar-refractivity contribution in [1.29, 1.82) is 0 Å². The van der Waals surface area contributed by atoms with Gasteiger partial charge in [-0.25, -0.2) is 4.68 Å². The van der Waals surface area contributed by atoms with Crippen molar-refractivity contribution in [2.24, 2.45) is 0 Å². The predicted octanol–water partition coefficient (Wildman–Crippen LogP) is 3.69. The first kappa shape index (κ1) is 18.4. The summed E-state index contributed by atoms with van der Waals surface area (Å²) in [6.07, 6.45) is 2.59. The lowest BCUT2D eigenvalue weighted by atomic mass is 10.0. The van der Waals surface area contributed by atoms with E-state index in [1.54, 1.807) is 0 Å². The van der Waals surface area contributed by atoms with Gasteiger partial charge in [-0.15, -0.1) is 0 Å². The van der Waals surface area contributed by atoms with Crippen molar-refractivity contribution < 1.29 is 4.79 Å². The highest BCUT2D eigenvalue weighted by Crippen LogP contribution is 2.19. The van der Waals surface area contributed by atoms with Crippen LogP contribution >= 0.6 is 15.9 Å². The lowest BCUT2D eigenvalue weighted by Crippen LogP contribution is -2.32. The molecular weight excluding hydrogens is 370 g/mol. The molecule has 0 fully saturated rings. The lowest BCUT2D eigenvalue weighted by molar-refractivity contribution is 0.0928. The Kier molecular flexibility index (Phi) is 6.73. The molecule has 1 N–H and O–H groups in total. The van der Waals surface area contributed by atoms with Gasteiger partial charge < -0.3 is 5.32 Å². The Hall–Kier alpha value is -1.95. The van der Waals surface area contributed by atoms with Crippen LogP contribution in [0.1, 0.15) is 55.2 Å². The zero-order chi connectivity index (χ0) is 17.5. The smallest absolute Gasteiger partial charge is 0.272 e. The third-order valence-electron chi connectivity index (χ3n) is 3.81. The van der Waals surface area contributed by atoms with Crippen LogP contribution < -0.4 is 10.9 Å². The summed E-state index contributed by atoms with van der Waals surface area (Å²) in [5.74, 6) is -0.269. The minimum atomic E-state index is -0.269. The van der Waals surface area contributed by atoms with Gasteiger partial charge in [0.2, 0.25) is 0 Å². The van der Waals surface area contributed by atoms with E-state index >= 15 is 0 Å². The molecule has 0 radical (unpaired) electrons. The summed E-state index contributed by atoms with van der Waals surface area (Å²) in [6.45, 7) is 4.59. The van der Waals surface area contributed by atoms with E-state index in [2.05, 4.69) is 26.3 Å². The SMILES string of the molecule is CCCCn1nc(C(=O)NC(CC)c2ccc(Br)cc2)ccc1=O. The van der Waals surface area contributed by atoms with Crippen LogP contribution in [0.25, 0.3) is 0 Å². The number of carbonyl (C=O) groups excluding carboxylic acids is 1. The number of rotatable bonds is 7. The van der Waals surface area contributed by atoms with Gasteiger partial charge in [-0.3, -0.25) is 9.59 Å². The Morgan fingerprint density at radius 1 is 1.21 bits per heavy atom. The van der Waals surface area contributed by atoms with Gasteiger partial charge in [-0.2, -0.15) is 5.10 Å². The summed E-state index contributed by atoms with van der Waals surface area (Å²) in [4.78, 5) is 24.3. The molecule has 24 heavy (non-hydrogen) atoms. The second-order valence-electron chi connectivity index (χ2n) is 5.62. The van der Waals surface area contributed by atoms with Gasteiger partial charge in [-0.1, -0.05) is 48.3 Å². The van der Waals surface area contributed by atoms with Crippen molar-refractivity contribution in [3.8, 4) is 0 Å². The molecule has 1 heterocycles. The largest absolute Gasteiger partial charge is 0.344 e. The second-order valence-corrected chi connectivity index (χ2v) is 6.54. The highest BCUT2D eigenvalue weighted by Gasteiger charge is 2.16. The van der Waals surface area contributed by atoms with Crippen LogP contribution in [0.4, 0.5) is 0 Å². The minimum Gasteiger partial charge on any atom is -0.344 e. The second kappa shape index (κ2) is 8.78. The molecule has 0 aliphatic rings. The molecule has 0 aliphatic heterocycles. The Bertz CT molecular complexity index is 741. The maximum atomic E-state index is 12.5. The average molecular weight is 392 g/mol. The number of hydrogen-bond donors (Lipinski definition) is 1. The topological polar surface area (TPSA) is 64.0 Å². The van der Waals surface area contributed by atoms with E-state index in [0.29, 0.717) is 6.54 Å². The highest BCUT2D eigenvalue weighted by molar-refractivity contribution is 9.10. The maximum Gasteiger partial charge on any atom is 0.272 e. The standard InChI is InChI=1S/C18H22BrN3O2/c1-3-5-12-22-17(23)11-10-16(21-22)18(24)20-15(4-2)13-6-8-14(19)9-7-13/h6-11,15H,3-5,12H2,1-2H3,(H,20,24). The molecule has 1 unspecified atom stereocenters. The molecule has 2 rings (SSSR count). The predicted molar refractivity (Wildman–Crippen MR) is 98.0 cm³/mol. The van der Waals surface area contributed by atoms with Crippen LogP contribution in [0.5, 0.6) is 0 Å². The minimum absolute atomic E-state index is 0.0941. The fourth-order valence-electron chi connectivity index (χ4n) is 2.39. The Morgan fingerprint density at radius 3 is 2.54 bits per heavy atom.